The minimum atomic E-state index is -2.17. The molecule has 0 amide bonds. The molecule has 2 aromatic rings. The third kappa shape index (κ3) is 2.95. The van der Waals surface area contributed by atoms with E-state index in [1.165, 1.54) is 17.5 Å². The van der Waals surface area contributed by atoms with Crippen LogP contribution in [0.1, 0.15) is 37.0 Å². The molecule has 2 aromatic carbocycles. The SMILES string of the molecule is CC1=CC2=[C](C(C)C1)[Bi]([c]1cc[c-]cc1)[c]1c(C)cc(C)cc1C2.[Cm]. The van der Waals surface area contributed by atoms with E-state index in [2.05, 4.69) is 76.2 Å². The summed E-state index contributed by atoms with van der Waals surface area (Å²) in [4.78, 5) is 0. The van der Waals surface area contributed by atoms with Crippen molar-refractivity contribution in [1.29, 1.82) is 0 Å². The van der Waals surface area contributed by atoms with Crippen molar-refractivity contribution in [1.82, 2.24) is 0 Å². The Hall–Kier alpha value is -2.20. The van der Waals surface area contributed by atoms with Crippen LogP contribution in [0.25, 0.3) is 0 Å². The molecule has 0 saturated carbocycles. The van der Waals surface area contributed by atoms with Crippen LogP contribution in [0.3, 0.4) is 0 Å². The summed E-state index contributed by atoms with van der Waals surface area (Å²) < 4.78 is 5.21. The van der Waals surface area contributed by atoms with E-state index in [1.54, 1.807) is 23.3 Å². The topological polar surface area (TPSA) is 0 Å². The van der Waals surface area contributed by atoms with E-state index >= 15 is 0 Å². The molecule has 25 heavy (non-hydrogen) atoms. The van der Waals surface area contributed by atoms with Crippen LogP contribution < -0.4 is 6.54 Å². The van der Waals surface area contributed by atoms with Gasteiger partial charge >= 0.3 is 154 Å². The van der Waals surface area contributed by atoms with Crippen molar-refractivity contribution in [3.05, 3.63) is 79.7 Å². The summed E-state index contributed by atoms with van der Waals surface area (Å²) in [5.74, 6) is 0.709. The summed E-state index contributed by atoms with van der Waals surface area (Å²) in [7, 11) is 0. The molecule has 1 heterocycles. The van der Waals surface area contributed by atoms with Crippen molar-refractivity contribution in [2.45, 2.75) is 40.5 Å². The third-order valence-electron chi connectivity index (χ3n) is 5.17. The van der Waals surface area contributed by atoms with E-state index in [4.69, 9.17) is 0 Å². The molecule has 0 bridgehead atoms. The number of hydrogen-bond acceptors (Lipinski definition) is 0. The summed E-state index contributed by atoms with van der Waals surface area (Å²) in [6.07, 6.45) is 4.89. The molecule has 0 spiro atoms. The first kappa shape index (κ1) is 17.6. The normalized spacial score (nSPS) is 19.7. The van der Waals surface area contributed by atoms with Gasteiger partial charge in [-0.2, -0.15) is 0 Å². The van der Waals surface area contributed by atoms with Gasteiger partial charge in [0.2, 0.25) is 0 Å². The predicted octanol–water partition coefficient (Wildman–Crippen LogP) is 4.09. The van der Waals surface area contributed by atoms with Crippen LogP contribution >= 0.6 is 0 Å². The van der Waals surface area contributed by atoms with E-state index in [-0.39, 0.29) is 0 Å². The molecule has 1 unspecified atom stereocenters. The Labute approximate surface area is 154 Å². The van der Waals surface area contributed by atoms with Gasteiger partial charge in [0, 0.05) is 0 Å². The molecule has 0 N–H and O–H groups in total. The minimum Gasteiger partial charge on any atom is 0 e. The van der Waals surface area contributed by atoms with Gasteiger partial charge in [-0.1, -0.05) is 0 Å². The first-order valence-corrected chi connectivity index (χ1v) is 14.0. The average Bonchev–Trinajstić information content (AvgIpc) is 2.53. The van der Waals surface area contributed by atoms with Crippen molar-refractivity contribution in [2.24, 2.45) is 5.92 Å². The maximum absolute atomic E-state index is 3.21. The van der Waals surface area contributed by atoms with Gasteiger partial charge in [0.15, 0.2) is 0 Å². The summed E-state index contributed by atoms with van der Waals surface area (Å²) >= 11 is -2.17. The molecular weight excluding hydrogens is 732 g/mol. The first-order chi connectivity index (χ1) is 11.5. The van der Waals surface area contributed by atoms with Gasteiger partial charge < -0.3 is 0 Å². The molecule has 1 aliphatic carbocycles. The van der Waals surface area contributed by atoms with Crippen LogP contribution in [-0.4, -0.2) is 21.8 Å². The average molecular weight is 756 g/mol. The molecule has 2 heteroatoms. The van der Waals surface area contributed by atoms with Crippen molar-refractivity contribution < 1.29 is 0 Å². The number of aryl methyl sites for hydroxylation is 2. The van der Waals surface area contributed by atoms with Gasteiger partial charge in [-0.25, -0.2) is 0 Å². The molecule has 0 nitrogen and oxygen atoms in total. The molecule has 130 valence electrons. The van der Waals surface area contributed by atoms with E-state index < -0.39 is 21.8 Å². The molecular formula is C23H24BiCm-. The largest absolute Gasteiger partial charge is 0 e. The Morgan fingerprint density at radius 2 is 1.80 bits per heavy atom. The number of benzene rings is 2. The predicted molar refractivity (Wildman–Crippen MR) is 104 cm³/mol. The fourth-order valence-corrected chi connectivity index (χ4v) is 16.3. The maximum Gasteiger partial charge on any atom is 0 e. The maximum atomic E-state index is 3.21. The second-order valence-corrected chi connectivity index (χ2v) is 15.6. The standard InChI is InChI=1S/C17H20.C6H4.Bi.Cm/c1-12-5-13(2)8-16(7-12)11-17-9-14(3)6-15(4)10-17;1-2-4-6-5-3-1;;/h5,7,9,15H,6,11H2,1-4H3;1-2,5-6H;;/q;-1;;. The van der Waals surface area contributed by atoms with Crippen LogP contribution in [0.15, 0.2) is 56.9 Å². The van der Waals surface area contributed by atoms with Crippen LogP contribution in [0.4, 0.5) is 0 Å². The third-order valence-corrected chi connectivity index (χ3v) is 17.3. The number of allylic oxidation sites excluding steroid dienone is 4. The Balaban J connectivity index is 0.00000182. The summed E-state index contributed by atoms with van der Waals surface area (Å²) in [5, 5.41) is 0. The van der Waals surface area contributed by atoms with Crippen LogP contribution in [0, 0.1) is 25.8 Å². The Morgan fingerprint density at radius 1 is 1.08 bits per heavy atom. The number of hydrogen-bond donors (Lipinski definition) is 0. The Bertz CT molecular complexity index is 861. The Morgan fingerprint density at radius 3 is 2.52 bits per heavy atom. The summed E-state index contributed by atoms with van der Waals surface area (Å²) in [5.41, 5.74) is 7.75. The van der Waals surface area contributed by atoms with Crippen molar-refractivity contribution in [2.75, 3.05) is 0 Å². The van der Waals surface area contributed by atoms with E-state index in [0.717, 1.165) is 6.42 Å². The van der Waals surface area contributed by atoms with Crippen LogP contribution in [-0.2, 0) is 6.42 Å². The second kappa shape index (κ2) is 6.60. The molecule has 2 aliphatic rings. The van der Waals surface area contributed by atoms with Gasteiger partial charge in [-0.3, -0.25) is 0 Å². The van der Waals surface area contributed by atoms with Crippen molar-refractivity contribution in [3.63, 3.8) is 0 Å². The molecule has 0 fully saturated rings. The monoisotopic (exact) mass is 752 g/mol. The zero-order valence-corrected chi connectivity index (χ0v) is 21.8. The van der Waals surface area contributed by atoms with Crippen LogP contribution in [0.5, 0.6) is 0 Å². The van der Waals surface area contributed by atoms with Crippen LogP contribution in [0.2, 0.25) is 0 Å². The zero-order chi connectivity index (χ0) is 16.8. The fourth-order valence-electron chi connectivity index (χ4n) is 4.46. The zero-order valence-electron chi connectivity index (χ0n) is 15.3. The van der Waals surface area contributed by atoms with E-state index in [0.29, 0.717) is 5.92 Å². The molecule has 1 aliphatic heterocycles. The Kier molecular flexibility index (Phi) is 4.65. The summed E-state index contributed by atoms with van der Waals surface area (Å²) in [6.45, 7) is 9.34. The van der Waals surface area contributed by atoms with Gasteiger partial charge in [-0.05, 0) is 0 Å². The van der Waals surface area contributed by atoms with Gasteiger partial charge in [0.25, 0.3) is 0 Å². The number of rotatable bonds is 1. The molecule has 0 aromatic heterocycles. The molecule has 0 radical (unpaired) electrons. The quantitative estimate of drug-likeness (QED) is 0.304. The molecule has 0 saturated heterocycles. The van der Waals surface area contributed by atoms with Gasteiger partial charge in [0.1, 0.15) is 0 Å². The smallest absolute Gasteiger partial charge is 0 e. The van der Waals surface area contributed by atoms with E-state index in [1.807, 2.05) is 3.28 Å². The minimum absolute atomic E-state index is 0. The van der Waals surface area contributed by atoms with Gasteiger partial charge in [-0.15, -0.1) is 0 Å². The van der Waals surface area contributed by atoms with Gasteiger partial charge in [0.05, 0.1) is 0 Å². The number of fused-ring (bicyclic) bond motifs is 1. The van der Waals surface area contributed by atoms with E-state index in [9.17, 15) is 0 Å². The molecule has 1 atom stereocenters. The summed E-state index contributed by atoms with van der Waals surface area (Å²) in [6, 6.07) is 17.0. The van der Waals surface area contributed by atoms with Crippen molar-refractivity contribution in [3.8, 4) is 0 Å². The second-order valence-electron chi connectivity index (χ2n) is 7.37. The first-order valence-electron chi connectivity index (χ1n) is 8.81. The fraction of sp³-hybridized carbons (Fsp3) is 0.304. The van der Waals surface area contributed by atoms with Crippen molar-refractivity contribution >= 4 is 28.3 Å². The molecule has 4 rings (SSSR count).